The van der Waals surface area contributed by atoms with Gasteiger partial charge in [0.2, 0.25) is 0 Å². The van der Waals surface area contributed by atoms with Gasteiger partial charge in [0.15, 0.2) is 23.5 Å². The Morgan fingerprint density at radius 1 is 0.640 bits per heavy atom. The highest BCUT2D eigenvalue weighted by molar-refractivity contribution is 7.84. The summed E-state index contributed by atoms with van der Waals surface area (Å²) in [7, 11) is -3.41. The molecule has 262 valence electrons. The summed E-state index contributed by atoms with van der Waals surface area (Å²) in [5, 5.41) is 0.330. The Labute approximate surface area is 284 Å². The number of rotatable bonds is 11. The Bertz CT molecular complexity index is 2100. The number of aromatic nitrogens is 6. The van der Waals surface area contributed by atoms with E-state index in [9.17, 15) is 34.8 Å². The number of ether oxygens (including phenoxy) is 2. The van der Waals surface area contributed by atoms with Crippen LogP contribution in [0.4, 0.5) is 26.3 Å². The molecule has 2 atom stereocenters. The lowest BCUT2D eigenvalue weighted by Gasteiger charge is -2.13. The molecule has 4 heterocycles. The fourth-order valence-electron chi connectivity index (χ4n) is 4.97. The highest BCUT2D eigenvalue weighted by atomic mass is 32.2. The third kappa shape index (κ3) is 8.13. The molecule has 0 aliphatic heterocycles. The normalized spacial score (nSPS) is 13.5. The molecule has 0 aliphatic rings. The monoisotopic (exact) mass is 736 g/mol. The molecule has 0 fully saturated rings. The number of nitrogens with zero attached hydrogens (tertiary/aromatic N) is 4. The Hall–Kier alpha value is -4.84. The molecule has 0 bridgehead atoms. The maximum Gasteiger partial charge on any atom is 0.422 e. The van der Waals surface area contributed by atoms with Crippen molar-refractivity contribution in [2.45, 2.75) is 48.0 Å². The molecule has 0 radical (unpaired) electrons. The number of hydrogen-bond acceptors (Lipinski definition) is 8. The number of alkyl halides is 6. The van der Waals surface area contributed by atoms with Gasteiger partial charge in [0.1, 0.15) is 11.5 Å². The number of halogens is 6. The predicted molar refractivity (Wildman–Crippen MR) is 172 cm³/mol. The van der Waals surface area contributed by atoms with Gasteiger partial charge in [0.05, 0.1) is 66.6 Å². The molecule has 6 aromatic rings. The maximum atomic E-state index is 13.2. The number of fused-ring (bicyclic) bond motifs is 2. The van der Waals surface area contributed by atoms with Gasteiger partial charge in [-0.2, -0.15) is 26.3 Å². The second kappa shape index (κ2) is 13.8. The molecule has 2 aromatic carbocycles. The SMILES string of the molecule is Cc1c(OCC(F)(F)F)ccnc1CS(=O)c1nc2ccc(-c3ccc4nc(S(=O)Cc5nccc(OCC(F)(F)F)c5C)[nH]c4c3)cc2[nH]1. The van der Waals surface area contributed by atoms with Crippen molar-refractivity contribution < 1.29 is 44.2 Å². The summed E-state index contributed by atoms with van der Waals surface area (Å²) in [5.74, 6) is -0.202. The maximum absolute atomic E-state index is 13.2. The number of imidazole rings is 2. The zero-order chi connectivity index (χ0) is 35.8. The van der Waals surface area contributed by atoms with Gasteiger partial charge in [0, 0.05) is 23.5 Å². The van der Waals surface area contributed by atoms with Crippen LogP contribution in [0.15, 0.2) is 71.2 Å². The summed E-state index contributed by atoms with van der Waals surface area (Å²) < 4.78 is 112. The molecule has 2 N–H and O–H groups in total. The van der Waals surface area contributed by atoms with Gasteiger partial charge in [-0.25, -0.2) is 9.97 Å². The minimum absolute atomic E-state index is 0.00137. The zero-order valence-corrected chi connectivity index (χ0v) is 27.7. The van der Waals surface area contributed by atoms with E-state index in [1.807, 2.05) is 24.3 Å². The lowest BCUT2D eigenvalue weighted by molar-refractivity contribution is -0.154. The fourth-order valence-corrected chi connectivity index (χ4v) is 7.17. The van der Waals surface area contributed by atoms with Crippen LogP contribution in [-0.2, 0) is 33.1 Å². The first kappa shape index (κ1) is 35.0. The average molecular weight is 737 g/mol. The first-order valence-electron chi connectivity index (χ1n) is 14.7. The third-order valence-corrected chi connectivity index (χ3v) is 9.84. The molecule has 0 saturated carbocycles. The Kier molecular flexibility index (Phi) is 9.67. The molecular formula is C32H26F6N6O4S2. The first-order chi connectivity index (χ1) is 23.6. The molecule has 0 saturated heterocycles. The first-order valence-corrected chi connectivity index (χ1v) is 17.3. The quantitative estimate of drug-likeness (QED) is 0.136. The van der Waals surface area contributed by atoms with Gasteiger partial charge in [0.25, 0.3) is 0 Å². The Morgan fingerprint density at radius 2 is 1.04 bits per heavy atom. The molecule has 0 amide bonds. The van der Waals surface area contributed by atoms with E-state index >= 15 is 0 Å². The van der Waals surface area contributed by atoms with E-state index in [1.54, 1.807) is 26.0 Å². The van der Waals surface area contributed by atoms with Gasteiger partial charge >= 0.3 is 12.4 Å². The van der Waals surface area contributed by atoms with Crippen LogP contribution in [0.2, 0.25) is 0 Å². The molecule has 0 aliphatic carbocycles. The van der Waals surface area contributed by atoms with Crippen LogP contribution >= 0.6 is 0 Å². The number of benzene rings is 2. The van der Waals surface area contributed by atoms with Crippen molar-refractivity contribution in [3.63, 3.8) is 0 Å². The number of H-pyrrole nitrogens is 2. The molecular weight excluding hydrogens is 711 g/mol. The van der Waals surface area contributed by atoms with Gasteiger partial charge in [-0.1, -0.05) is 12.1 Å². The van der Waals surface area contributed by atoms with Crippen molar-refractivity contribution in [1.82, 2.24) is 29.9 Å². The van der Waals surface area contributed by atoms with Crippen LogP contribution in [0.5, 0.6) is 11.5 Å². The van der Waals surface area contributed by atoms with Gasteiger partial charge in [-0.05, 0) is 61.4 Å². The van der Waals surface area contributed by atoms with Crippen molar-refractivity contribution in [3.05, 3.63) is 83.4 Å². The summed E-state index contributed by atoms with van der Waals surface area (Å²) in [6, 6.07) is 13.4. The summed E-state index contributed by atoms with van der Waals surface area (Å²) in [4.78, 5) is 23.3. The molecule has 6 rings (SSSR count). The summed E-state index contributed by atoms with van der Waals surface area (Å²) in [6.45, 7) is 0.181. The zero-order valence-electron chi connectivity index (χ0n) is 26.1. The summed E-state index contributed by atoms with van der Waals surface area (Å²) in [5.41, 5.74) is 5.14. The second-order valence-corrected chi connectivity index (χ2v) is 13.8. The summed E-state index contributed by atoms with van der Waals surface area (Å²) >= 11 is 0. The van der Waals surface area contributed by atoms with E-state index in [0.717, 1.165) is 11.1 Å². The molecule has 50 heavy (non-hydrogen) atoms. The second-order valence-electron chi connectivity index (χ2n) is 11.1. The minimum Gasteiger partial charge on any atom is -0.484 e. The standard InChI is InChI=1S/C32H26F6N6O4S2/c1-17-25(39-9-7-27(17)47-15-31(33,34)35)13-49(45)29-41-21-5-3-19(11-23(21)43-29)20-4-6-22-24(12-20)44-30(42-22)50(46)14-26-18(2)28(8-10-40-26)48-16-32(36,37)38/h3-12H,13-16H2,1-2H3,(H,41,43)(H,42,44). The molecule has 0 spiro atoms. The van der Waals surface area contributed by atoms with Crippen molar-refractivity contribution in [2.24, 2.45) is 0 Å². The van der Waals surface area contributed by atoms with Crippen LogP contribution in [0.25, 0.3) is 33.2 Å². The van der Waals surface area contributed by atoms with Crippen LogP contribution in [-0.4, -0.2) is 63.9 Å². The molecule has 4 aromatic heterocycles. The van der Waals surface area contributed by atoms with Crippen LogP contribution in [0, 0.1) is 13.8 Å². The van der Waals surface area contributed by atoms with Crippen molar-refractivity contribution in [2.75, 3.05) is 13.2 Å². The van der Waals surface area contributed by atoms with Crippen molar-refractivity contribution in [3.8, 4) is 22.6 Å². The van der Waals surface area contributed by atoms with E-state index in [2.05, 4.69) is 29.9 Å². The lowest BCUT2D eigenvalue weighted by Crippen LogP contribution is -2.20. The van der Waals surface area contributed by atoms with E-state index in [1.165, 1.54) is 24.5 Å². The third-order valence-electron chi connectivity index (χ3n) is 7.52. The van der Waals surface area contributed by atoms with Crippen molar-refractivity contribution in [1.29, 1.82) is 0 Å². The van der Waals surface area contributed by atoms with Crippen LogP contribution in [0.3, 0.4) is 0 Å². The molecule has 18 heteroatoms. The average Bonchev–Trinajstić information content (AvgIpc) is 3.69. The topological polar surface area (TPSA) is 136 Å². The van der Waals surface area contributed by atoms with Gasteiger partial charge in [-0.15, -0.1) is 0 Å². The largest absolute Gasteiger partial charge is 0.484 e. The number of pyridine rings is 2. The van der Waals surface area contributed by atoms with E-state index < -0.39 is 47.2 Å². The van der Waals surface area contributed by atoms with Gasteiger partial charge < -0.3 is 19.4 Å². The number of hydrogen-bond donors (Lipinski definition) is 2. The number of aromatic amines is 2. The van der Waals surface area contributed by atoms with Crippen LogP contribution in [0.1, 0.15) is 22.5 Å². The minimum atomic E-state index is -4.50. The Balaban J connectivity index is 1.17. The van der Waals surface area contributed by atoms with Crippen molar-refractivity contribution >= 4 is 43.7 Å². The van der Waals surface area contributed by atoms with E-state index in [-0.39, 0.29) is 33.3 Å². The van der Waals surface area contributed by atoms with E-state index in [0.29, 0.717) is 44.6 Å². The lowest BCUT2D eigenvalue weighted by atomic mass is 10.0. The summed E-state index contributed by atoms with van der Waals surface area (Å²) in [6.07, 6.45) is -6.42. The molecule has 10 nitrogen and oxygen atoms in total. The van der Waals surface area contributed by atoms with E-state index in [4.69, 9.17) is 9.47 Å². The number of nitrogens with one attached hydrogen (secondary N) is 2. The fraction of sp³-hybridized carbons (Fsp3) is 0.250. The smallest absolute Gasteiger partial charge is 0.422 e. The molecule has 2 unspecified atom stereocenters. The predicted octanol–water partition coefficient (Wildman–Crippen LogP) is 7.01. The van der Waals surface area contributed by atoms with Gasteiger partial charge in [-0.3, -0.25) is 18.4 Å². The Morgan fingerprint density at radius 3 is 1.42 bits per heavy atom. The highest BCUT2D eigenvalue weighted by Crippen LogP contribution is 2.30. The highest BCUT2D eigenvalue weighted by Gasteiger charge is 2.30. The van der Waals surface area contributed by atoms with Crippen LogP contribution < -0.4 is 9.47 Å².